The lowest BCUT2D eigenvalue weighted by Gasteiger charge is -2.35. The van der Waals surface area contributed by atoms with E-state index in [1.807, 2.05) is 30.8 Å². The summed E-state index contributed by atoms with van der Waals surface area (Å²) >= 11 is 0. The summed E-state index contributed by atoms with van der Waals surface area (Å²) in [6.07, 6.45) is 2.02. The van der Waals surface area contributed by atoms with Gasteiger partial charge in [0.2, 0.25) is 11.9 Å². The monoisotopic (exact) mass is 347 g/mol. The van der Waals surface area contributed by atoms with Crippen molar-refractivity contribution in [1.29, 1.82) is 0 Å². The average Bonchev–Trinajstić information content (AvgIpc) is 2.86. The standard InChI is InChI=1S/C18H29N5O2/c1-12-13(2)19-18(21(3)4)20-16(12)22-10-14-6-7-15(11-22)23(17(14)24)8-9-25-5/h14-15H,6-11H2,1-5H3/t14-,15+/m1/s1. The summed E-state index contributed by atoms with van der Waals surface area (Å²) < 4.78 is 5.20. The molecule has 7 heteroatoms. The maximum Gasteiger partial charge on any atom is 0.227 e. The minimum Gasteiger partial charge on any atom is -0.383 e. The Kier molecular flexibility index (Phi) is 5.13. The zero-order valence-electron chi connectivity index (χ0n) is 15.9. The van der Waals surface area contributed by atoms with Gasteiger partial charge in [0.25, 0.3) is 0 Å². The lowest BCUT2D eigenvalue weighted by molar-refractivity contribution is -0.140. The number of rotatable bonds is 5. The Morgan fingerprint density at radius 2 is 1.96 bits per heavy atom. The molecule has 0 unspecified atom stereocenters. The Hall–Kier alpha value is -1.89. The highest BCUT2D eigenvalue weighted by Gasteiger charge is 2.41. The maximum atomic E-state index is 12.8. The molecular weight excluding hydrogens is 318 g/mol. The van der Waals surface area contributed by atoms with E-state index >= 15 is 0 Å². The summed E-state index contributed by atoms with van der Waals surface area (Å²) in [7, 11) is 5.59. The molecule has 3 aliphatic rings. The molecule has 1 aromatic heterocycles. The van der Waals surface area contributed by atoms with Gasteiger partial charge in [-0.05, 0) is 26.7 Å². The number of amides is 1. The molecule has 3 fully saturated rings. The highest BCUT2D eigenvalue weighted by atomic mass is 16.5. The molecule has 0 aromatic carbocycles. The SMILES string of the molecule is COCCN1C(=O)[C@@H]2CC[C@H]1CN(c1nc(N(C)C)nc(C)c1C)C2. The van der Waals surface area contributed by atoms with E-state index in [0.29, 0.717) is 13.2 Å². The van der Waals surface area contributed by atoms with Crippen LogP contribution in [0.15, 0.2) is 0 Å². The van der Waals surface area contributed by atoms with Crippen LogP contribution in [0.2, 0.25) is 0 Å². The Bertz CT molecular complexity index is 649. The van der Waals surface area contributed by atoms with E-state index in [2.05, 4.69) is 16.8 Å². The van der Waals surface area contributed by atoms with Crippen molar-refractivity contribution in [3.8, 4) is 0 Å². The number of aromatic nitrogens is 2. The van der Waals surface area contributed by atoms with Crippen molar-refractivity contribution in [3.05, 3.63) is 11.3 Å². The number of ether oxygens (including phenoxy) is 1. The number of hydrogen-bond acceptors (Lipinski definition) is 6. The first-order valence-electron chi connectivity index (χ1n) is 8.99. The van der Waals surface area contributed by atoms with Crippen LogP contribution in [0.1, 0.15) is 24.1 Å². The number of carbonyl (C=O) groups is 1. The molecule has 2 atom stereocenters. The summed E-state index contributed by atoms with van der Waals surface area (Å²) in [6, 6.07) is 0.235. The molecule has 4 heterocycles. The Morgan fingerprint density at radius 1 is 1.20 bits per heavy atom. The van der Waals surface area contributed by atoms with Gasteiger partial charge in [0.15, 0.2) is 0 Å². The fourth-order valence-corrected chi connectivity index (χ4v) is 3.80. The molecule has 1 aromatic rings. The van der Waals surface area contributed by atoms with Crippen molar-refractivity contribution >= 4 is 17.7 Å². The number of aryl methyl sites for hydroxylation is 1. The zero-order valence-corrected chi connectivity index (χ0v) is 15.9. The number of carbonyl (C=O) groups excluding carboxylic acids is 1. The number of hydrogen-bond donors (Lipinski definition) is 0. The Balaban J connectivity index is 1.91. The van der Waals surface area contributed by atoms with Crippen molar-refractivity contribution in [2.75, 3.05) is 57.2 Å². The lowest BCUT2D eigenvalue weighted by Crippen LogP contribution is -2.49. The second-order valence-corrected chi connectivity index (χ2v) is 7.31. The molecule has 0 spiro atoms. The van der Waals surface area contributed by atoms with Crippen molar-refractivity contribution in [1.82, 2.24) is 14.9 Å². The molecule has 25 heavy (non-hydrogen) atoms. The number of fused-ring (bicyclic) bond motifs is 4. The Morgan fingerprint density at radius 3 is 2.64 bits per heavy atom. The van der Waals surface area contributed by atoms with E-state index in [1.165, 1.54) is 0 Å². The molecule has 4 rings (SSSR count). The van der Waals surface area contributed by atoms with Gasteiger partial charge in [0.05, 0.1) is 12.5 Å². The number of methoxy groups -OCH3 is 1. The van der Waals surface area contributed by atoms with Crippen LogP contribution in [0.5, 0.6) is 0 Å². The van der Waals surface area contributed by atoms with E-state index in [4.69, 9.17) is 9.72 Å². The van der Waals surface area contributed by atoms with Gasteiger partial charge in [-0.15, -0.1) is 0 Å². The normalized spacial score (nSPS) is 23.2. The molecule has 0 aliphatic carbocycles. The molecule has 0 radical (unpaired) electrons. The number of piperidine rings is 1. The molecular formula is C18H29N5O2. The minimum absolute atomic E-state index is 0.0492. The number of nitrogens with zero attached hydrogens (tertiary/aromatic N) is 5. The van der Waals surface area contributed by atoms with Crippen molar-refractivity contribution in [3.63, 3.8) is 0 Å². The first-order valence-corrected chi connectivity index (χ1v) is 8.99. The van der Waals surface area contributed by atoms with Crippen LogP contribution in [0.4, 0.5) is 11.8 Å². The maximum absolute atomic E-state index is 12.8. The highest BCUT2D eigenvalue weighted by Crippen LogP contribution is 2.33. The molecule has 7 nitrogen and oxygen atoms in total. The van der Waals surface area contributed by atoms with Crippen LogP contribution in [0.25, 0.3) is 0 Å². The van der Waals surface area contributed by atoms with E-state index in [9.17, 15) is 4.79 Å². The third-order valence-electron chi connectivity index (χ3n) is 5.38. The van der Waals surface area contributed by atoms with Crippen LogP contribution in [0, 0.1) is 19.8 Å². The van der Waals surface area contributed by atoms with Crippen molar-refractivity contribution in [2.24, 2.45) is 5.92 Å². The second-order valence-electron chi connectivity index (χ2n) is 7.31. The lowest BCUT2D eigenvalue weighted by atomic mass is 9.94. The molecule has 0 N–H and O–H groups in total. The van der Waals surface area contributed by atoms with E-state index < -0.39 is 0 Å². The summed E-state index contributed by atoms with van der Waals surface area (Å²) in [5.74, 6) is 2.01. The van der Waals surface area contributed by atoms with Crippen LogP contribution < -0.4 is 9.80 Å². The van der Waals surface area contributed by atoms with Gasteiger partial charge in [0, 0.05) is 58.1 Å². The zero-order chi connectivity index (χ0) is 18.1. The number of anilines is 2. The molecule has 3 saturated heterocycles. The first-order chi connectivity index (χ1) is 11.9. The largest absolute Gasteiger partial charge is 0.383 e. The predicted molar refractivity (Wildman–Crippen MR) is 98.1 cm³/mol. The quantitative estimate of drug-likeness (QED) is 0.798. The van der Waals surface area contributed by atoms with Gasteiger partial charge in [0.1, 0.15) is 5.82 Å². The third-order valence-corrected chi connectivity index (χ3v) is 5.38. The second kappa shape index (κ2) is 7.15. The topological polar surface area (TPSA) is 61.8 Å². The van der Waals surface area contributed by atoms with Gasteiger partial charge < -0.3 is 19.4 Å². The first kappa shape index (κ1) is 17.9. The van der Waals surface area contributed by atoms with Gasteiger partial charge in [-0.2, -0.15) is 4.98 Å². The van der Waals surface area contributed by atoms with Gasteiger partial charge >= 0.3 is 0 Å². The van der Waals surface area contributed by atoms with E-state index in [1.54, 1.807) is 7.11 Å². The summed E-state index contributed by atoms with van der Waals surface area (Å²) in [5, 5.41) is 0. The fourth-order valence-electron chi connectivity index (χ4n) is 3.80. The van der Waals surface area contributed by atoms with E-state index in [-0.39, 0.29) is 17.9 Å². The van der Waals surface area contributed by atoms with Gasteiger partial charge in [-0.3, -0.25) is 4.79 Å². The molecule has 1 amide bonds. The van der Waals surface area contributed by atoms with Crippen LogP contribution in [0.3, 0.4) is 0 Å². The van der Waals surface area contributed by atoms with E-state index in [0.717, 1.165) is 49.0 Å². The average molecular weight is 347 g/mol. The minimum atomic E-state index is 0.0492. The van der Waals surface area contributed by atoms with Crippen molar-refractivity contribution < 1.29 is 9.53 Å². The summed E-state index contributed by atoms with van der Waals surface area (Å²) in [5.41, 5.74) is 2.09. The van der Waals surface area contributed by atoms with Crippen molar-refractivity contribution in [2.45, 2.75) is 32.7 Å². The predicted octanol–water partition coefficient (Wildman–Crippen LogP) is 1.23. The van der Waals surface area contributed by atoms with Crippen LogP contribution in [-0.2, 0) is 9.53 Å². The molecule has 2 bridgehead atoms. The van der Waals surface area contributed by atoms with Crippen LogP contribution >= 0.6 is 0 Å². The Labute approximate surface area is 150 Å². The van der Waals surface area contributed by atoms with Crippen LogP contribution in [-0.4, -0.2) is 74.3 Å². The highest BCUT2D eigenvalue weighted by molar-refractivity contribution is 5.81. The molecule has 0 saturated carbocycles. The summed E-state index contributed by atoms with van der Waals surface area (Å²) in [6.45, 7) is 6.93. The fraction of sp³-hybridized carbons (Fsp3) is 0.722. The summed E-state index contributed by atoms with van der Waals surface area (Å²) in [4.78, 5) is 28.4. The molecule has 138 valence electrons. The van der Waals surface area contributed by atoms with Gasteiger partial charge in [-0.25, -0.2) is 4.98 Å². The molecule has 3 aliphatic heterocycles. The smallest absolute Gasteiger partial charge is 0.227 e. The van der Waals surface area contributed by atoms with Gasteiger partial charge in [-0.1, -0.05) is 0 Å². The third kappa shape index (κ3) is 3.42.